The van der Waals surface area contributed by atoms with Gasteiger partial charge in [0.1, 0.15) is 24.1 Å². The second-order valence-electron chi connectivity index (χ2n) is 9.71. The fourth-order valence-electron chi connectivity index (χ4n) is 4.14. The van der Waals surface area contributed by atoms with Crippen LogP contribution in [0.2, 0.25) is 0 Å². The first-order valence-corrected chi connectivity index (χ1v) is 14.4. The van der Waals surface area contributed by atoms with Gasteiger partial charge in [-0.2, -0.15) is 0 Å². The Morgan fingerprint density at radius 1 is 0.900 bits per heavy atom. The Morgan fingerprint density at radius 2 is 1.55 bits per heavy atom. The van der Waals surface area contributed by atoms with Gasteiger partial charge in [0.2, 0.25) is 11.8 Å². The highest BCUT2D eigenvalue weighted by molar-refractivity contribution is 7.92. The van der Waals surface area contributed by atoms with Crippen molar-refractivity contribution in [3.63, 3.8) is 0 Å². The van der Waals surface area contributed by atoms with E-state index in [1.54, 1.807) is 74.7 Å². The summed E-state index contributed by atoms with van der Waals surface area (Å²) in [6.45, 7) is 6.65. The number of aryl methyl sites for hydroxylation is 1. The van der Waals surface area contributed by atoms with Crippen LogP contribution in [0.1, 0.15) is 31.9 Å². The van der Waals surface area contributed by atoms with Gasteiger partial charge >= 0.3 is 0 Å². The predicted molar refractivity (Wildman–Crippen MR) is 155 cm³/mol. The van der Waals surface area contributed by atoms with Gasteiger partial charge in [-0.05, 0) is 75.2 Å². The number of nitrogens with one attached hydrogen (secondary N) is 1. The summed E-state index contributed by atoms with van der Waals surface area (Å²) < 4.78 is 39.7. The summed E-state index contributed by atoms with van der Waals surface area (Å²) in [5, 5.41) is 2.84. The molecule has 0 bridgehead atoms. The molecule has 0 aliphatic carbocycles. The van der Waals surface area contributed by atoms with E-state index in [1.165, 1.54) is 24.1 Å². The Kier molecular flexibility index (Phi) is 10.2. The minimum atomic E-state index is -4.19. The average Bonchev–Trinajstić information content (AvgIpc) is 2.94. The molecule has 0 heterocycles. The Hall–Kier alpha value is -4.05. The molecule has 40 heavy (non-hydrogen) atoms. The maximum absolute atomic E-state index is 14.0. The molecule has 0 saturated heterocycles. The molecule has 10 heteroatoms. The van der Waals surface area contributed by atoms with Crippen LogP contribution >= 0.6 is 0 Å². The summed E-state index contributed by atoms with van der Waals surface area (Å²) in [6.07, 6.45) is 0. The second kappa shape index (κ2) is 13.3. The standard InChI is InChI=1S/C30H37N3O6S/c1-21(2)31-30(35)23(4)32(19-24-13-15-25(38-5)16-14-24)29(34)20-33(27-18-22(3)12-17-28(27)39-6)40(36,37)26-10-8-7-9-11-26/h7-18,21,23H,19-20H2,1-6H3,(H,31,35)/t23-/m0/s1. The highest BCUT2D eigenvalue weighted by Gasteiger charge is 2.34. The summed E-state index contributed by atoms with van der Waals surface area (Å²) in [5.41, 5.74) is 1.77. The van der Waals surface area contributed by atoms with Crippen LogP contribution in [-0.2, 0) is 26.2 Å². The smallest absolute Gasteiger partial charge is 0.264 e. The molecule has 2 amide bonds. The molecule has 0 aromatic heterocycles. The molecule has 3 aromatic carbocycles. The van der Waals surface area contributed by atoms with Crippen LogP contribution in [0, 0.1) is 6.92 Å². The molecule has 0 saturated carbocycles. The summed E-state index contributed by atoms with van der Waals surface area (Å²) in [6, 6.07) is 19.1. The van der Waals surface area contributed by atoms with Crippen LogP contribution in [0.3, 0.4) is 0 Å². The van der Waals surface area contributed by atoms with Crippen molar-refractivity contribution in [3.8, 4) is 11.5 Å². The largest absolute Gasteiger partial charge is 0.497 e. The van der Waals surface area contributed by atoms with Gasteiger partial charge in [-0.1, -0.05) is 36.4 Å². The molecular formula is C30H37N3O6S. The van der Waals surface area contributed by atoms with E-state index in [9.17, 15) is 18.0 Å². The first-order valence-electron chi connectivity index (χ1n) is 12.9. The number of rotatable bonds is 12. The second-order valence-corrected chi connectivity index (χ2v) is 11.6. The maximum Gasteiger partial charge on any atom is 0.264 e. The van der Waals surface area contributed by atoms with Crippen LogP contribution in [-0.4, -0.2) is 58.0 Å². The van der Waals surface area contributed by atoms with E-state index in [0.29, 0.717) is 11.5 Å². The van der Waals surface area contributed by atoms with Crippen molar-refractivity contribution in [2.24, 2.45) is 0 Å². The zero-order valence-corrected chi connectivity index (χ0v) is 24.6. The van der Waals surface area contributed by atoms with Crippen LogP contribution < -0.4 is 19.1 Å². The molecule has 214 valence electrons. The fourth-order valence-corrected chi connectivity index (χ4v) is 5.58. The van der Waals surface area contributed by atoms with E-state index in [4.69, 9.17) is 9.47 Å². The van der Waals surface area contributed by atoms with Crippen molar-refractivity contribution in [2.45, 2.75) is 51.2 Å². The monoisotopic (exact) mass is 567 g/mol. The van der Waals surface area contributed by atoms with E-state index < -0.39 is 28.5 Å². The summed E-state index contributed by atoms with van der Waals surface area (Å²) >= 11 is 0. The molecular weight excluding hydrogens is 530 g/mol. The first kappa shape index (κ1) is 30.5. The van der Waals surface area contributed by atoms with Gasteiger partial charge < -0.3 is 19.7 Å². The summed E-state index contributed by atoms with van der Waals surface area (Å²) in [5.74, 6) is 0.0526. The third-order valence-corrected chi connectivity index (χ3v) is 8.10. The predicted octanol–water partition coefficient (Wildman–Crippen LogP) is 4.15. The molecule has 0 aliphatic rings. The van der Waals surface area contributed by atoms with Crippen molar-refractivity contribution < 1.29 is 27.5 Å². The van der Waals surface area contributed by atoms with Crippen LogP contribution in [0.4, 0.5) is 5.69 Å². The van der Waals surface area contributed by atoms with Crippen LogP contribution in [0.15, 0.2) is 77.7 Å². The maximum atomic E-state index is 14.0. The van der Waals surface area contributed by atoms with Gasteiger partial charge in [-0.15, -0.1) is 0 Å². The SMILES string of the molecule is COc1ccc(CN(C(=O)CN(c2cc(C)ccc2OC)S(=O)(=O)c2ccccc2)[C@@H](C)C(=O)NC(C)C)cc1. The average molecular weight is 568 g/mol. The minimum Gasteiger partial charge on any atom is -0.497 e. The summed E-state index contributed by atoms with van der Waals surface area (Å²) in [4.78, 5) is 28.5. The normalized spacial score (nSPS) is 12.0. The van der Waals surface area contributed by atoms with E-state index in [2.05, 4.69) is 5.32 Å². The van der Waals surface area contributed by atoms with Crippen molar-refractivity contribution in [3.05, 3.63) is 83.9 Å². The lowest BCUT2D eigenvalue weighted by Gasteiger charge is -2.32. The van der Waals surface area contributed by atoms with Crippen molar-refractivity contribution >= 4 is 27.5 Å². The molecule has 0 spiro atoms. The van der Waals surface area contributed by atoms with E-state index in [0.717, 1.165) is 15.4 Å². The summed E-state index contributed by atoms with van der Waals surface area (Å²) in [7, 11) is -1.19. The van der Waals surface area contributed by atoms with Gasteiger partial charge in [-0.3, -0.25) is 13.9 Å². The van der Waals surface area contributed by atoms with Crippen molar-refractivity contribution in [1.82, 2.24) is 10.2 Å². The number of hydrogen-bond acceptors (Lipinski definition) is 6. The zero-order valence-electron chi connectivity index (χ0n) is 23.7. The van der Waals surface area contributed by atoms with Crippen LogP contribution in [0.5, 0.6) is 11.5 Å². The van der Waals surface area contributed by atoms with Gasteiger partial charge in [0.05, 0.1) is 24.8 Å². The first-order chi connectivity index (χ1) is 19.0. The lowest BCUT2D eigenvalue weighted by atomic mass is 10.1. The highest BCUT2D eigenvalue weighted by Crippen LogP contribution is 2.33. The number of hydrogen-bond donors (Lipinski definition) is 1. The number of methoxy groups -OCH3 is 2. The Balaban J connectivity index is 2.08. The van der Waals surface area contributed by atoms with Gasteiger partial charge in [-0.25, -0.2) is 8.42 Å². The number of amides is 2. The molecule has 0 aliphatic heterocycles. The Morgan fingerprint density at radius 3 is 2.12 bits per heavy atom. The minimum absolute atomic E-state index is 0.0265. The Bertz CT molecular complexity index is 1410. The molecule has 0 unspecified atom stereocenters. The van der Waals surface area contributed by atoms with Gasteiger partial charge in [0.25, 0.3) is 10.0 Å². The number of benzene rings is 3. The van der Waals surface area contributed by atoms with E-state index in [-0.39, 0.29) is 29.1 Å². The van der Waals surface area contributed by atoms with Gasteiger partial charge in [0.15, 0.2) is 0 Å². The number of anilines is 1. The van der Waals surface area contributed by atoms with E-state index >= 15 is 0 Å². The van der Waals surface area contributed by atoms with E-state index in [1.807, 2.05) is 20.8 Å². The molecule has 1 N–H and O–H groups in total. The molecule has 3 aromatic rings. The Labute approximate surface area is 236 Å². The quantitative estimate of drug-likeness (QED) is 0.353. The van der Waals surface area contributed by atoms with Crippen molar-refractivity contribution in [1.29, 1.82) is 0 Å². The lowest BCUT2D eigenvalue weighted by Crippen LogP contribution is -2.52. The fraction of sp³-hybridized carbons (Fsp3) is 0.333. The van der Waals surface area contributed by atoms with Crippen molar-refractivity contribution in [2.75, 3.05) is 25.1 Å². The molecule has 0 radical (unpaired) electrons. The molecule has 1 atom stereocenters. The van der Waals surface area contributed by atoms with Gasteiger partial charge in [0, 0.05) is 12.6 Å². The number of sulfonamides is 1. The number of carbonyl (C=O) groups is 2. The lowest BCUT2D eigenvalue weighted by molar-refractivity contribution is -0.139. The number of carbonyl (C=O) groups excluding carboxylic acids is 2. The third-order valence-electron chi connectivity index (χ3n) is 6.32. The van der Waals surface area contributed by atoms with Crippen LogP contribution in [0.25, 0.3) is 0 Å². The highest BCUT2D eigenvalue weighted by atomic mass is 32.2. The molecule has 0 fully saturated rings. The zero-order chi connectivity index (χ0) is 29.4. The topological polar surface area (TPSA) is 105 Å². The number of nitrogens with zero attached hydrogens (tertiary/aromatic N) is 2. The molecule has 3 rings (SSSR count). The molecule has 9 nitrogen and oxygen atoms in total. The third kappa shape index (κ3) is 7.32. The number of ether oxygens (including phenoxy) is 2.